The van der Waals surface area contributed by atoms with Gasteiger partial charge >= 0.3 is 0 Å². The van der Waals surface area contributed by atoms with Gasteiger partial charge in [-0.3, -0.25) is 25.2 Å². The van der Waals surface area contributed by atoms with Gasteiger partial charge in [0, 0.05) is 17.5 Å². The molecule has 3 N–H and O–H groups in total. The average molecular weight is 466 g/mol. The van der Waals surface area contributed by atoms with Crippen LogP contribution < -0.4 is 20.9 Å². The molecule has 0 radical (unpaired) electrons. The number of hydrogen-bond donors (Lipinski definition) is 3. The summed E-state index contributed by atoms with van der Waals surface area (Å²) in [4.78, 5) is 36.2. The summed E-state index contributed by atoms with van der Waals surface area (Å²) in [5, 5.41) is 3.38. The molecule has 0 spiro atoms. The molecule has 0 aromatic heterocycles. The van der Waals surface area contributed by atoms with E-state index in [1.807, 2.05) is 30.3 Å². The molecule has 3 aromatic carbocycles. The monoisotopic (exact) mass is 465 g/mol. The Kier molecular flexibility index (Phi) is 8.43. The fourth-order valence-electron chi connectivity index (χ4n) is 3.07. The number of hydrazine groups is 1. The fraction of sp³-hybridized carbons (Fsp3) is 0.160. The topological polar surface area (TPSA) is 96.5 Å². The van der Waals surface area contributed by atoms with Gasteiger partial charge in [-0.1, -0.05) is 54.1 Å². The van der Waals surface area contributed by atoms with E-state index in [1.54, 1.807) is 48.5 Å². The Balaban J connectivity index is 1.49. The fourth-order valence-corrected chi connectivity index (χ4v) is 3.19. The second-order valence-electron chi connectivity index (χ2n) is 7.31. The lowest BCUT2D eigenvalue weighted by molar-refractivity contribution is -0.123. The van der Waals surface area contributed by atoms with E-state index in [0.29, 0.717) is 22.9 Å². The second kappa shape index (κ2) is 11.7. The predicted octanol–water partition coefficient (Wildman–Crippen LogP) is 3.95. The average Bonchev–Trinajstić information content (AvgIpc) is 2.82. The quantitative estimate of drug-likeness (QED) is 0.439. The SMILES string of the molecule is CC(=O)NC(CC(=O)NNC(=O)c1ccc(COc2ccc(Cl)cc2)cc1)c1ccccc1. The first-order chi connectivity index (χ1) is 15.9. The number of carbonyl (C=O) groups excluding carboxylic acids is 3. The molecule has 0 aliphatic carbocycles. The largest absolute Gasteiger partial charge is 0.489 e. The van der Waals surface area contributed by atoms with Crippen LogP contribution in [0.5, 0.6) is 5.75 Å². The van der Waals surface area contributed by atoms with Gasteiger partial charge in [0.15, 0.2) is 0 Å². The highest BCUT2D eigenvalue weighted by Crippen LogP contribution is 2.18. The van der Waals surface area contributed by atoms with Gasteiger partial charge in [0.1, 0.15) is 12.4 Å². The van der Waals surface area contributed by atoms with E-state index in [9.17, 15) is 14.4 Å². The van der Waals surface area contributed by atoms with Gasteiger partial charge in [-0.2, -0.15) is 0 Å². The molecular weight excluding hydrogens is 442 g/mol. The normalized spacial score (nSPS) is 11.2. The van der Waals surface area contributed by atoms with Crippen molar-refractivity contribution in [3.8, 4) is 5.75 Å². The Bertz CT molecular complexity index is 1090. The predicted molar refractivity (Wildman–Crippen MR) is 125 cm³/mol. The lowest BCUT2D eigenvalue weighted by Crippen LogP contribution is -2.43. The van der Waals surface area contributed by atoms with E-state index in [-0.39, 0.29) is 12.3 Å². The minimum Gasteiger partial charge on any atom is -0.489 e. The number of amides is 3. The lowest BCUT2D eigenvalue weighted by Gasteiger charge is -2.18. The summed E-state index contributed by atoms with van der Waals surface area (Å²) in [6.45, 7) is 1.73. The van der Waals surface area contributed by atoms with Gasteiger partial charge in [0.05, 0.1) is 12.5 Å². The number of hydrogen-bond acceptors (Lipinski definition) is 4. The van der Waals surface area contributed by atoms with Crippen LogP contribution in [-0.4, -0.2) is 17.7 Å². The van der Waals surface area contributed by atoms with Crippen LogP contribution in [0, 0.1) is 0 Å². The summed E-state index contributed by atoms with van der Waals surface area (Å²) >= 11 is 5.86. The highest BCUT2D eigenvalue weighted by molar-refractivity contribution is 6.30. The van der Waals surface area contributed by atoms with Crippen LogP contribution in [0.3, 0.4) is 0 Å². The number of rotatable bonds is 8. The van der Waals surface area contributed by atoms with Crippen molar-refractivity contribution in [1.29, 1.82) is 0 Å². The van der Waals surface area contributed by atoms with Crippen LogP contribution in [-0.2, 0) is 16.2 Å². The Morgan fingerprint density at radius 3 is 2.18 bits per heavy atom. The molecule has 3 amide bonds. The third kappa shape index (κ3) is 7.66. The zero-order valence-electron chi connectivity index (χ0n) is 18.0. The Morgan fingerprint density at radius 2 is 1.55 bits per heavy atom. The molecule has 0 fully saturated rings. The minimum atomic E-state index is -0.500. The van der Waals surface area contributed by atoms with Crippen molar-refractivity contribution in [3.05, 3.63) is 101 Å². The van der Waals surface area contributed by atoms with Crippen LogP contribution in [0.4, 0.5) is 0 Å². The maximum Gasteiger partial charge on any atom is 0.269 e. The van der Waals surface area contributed by atoms with E-state index in [0.717, 1.165) is 11.1 Å². The molecule has 8 heteroatoms. The smallest absolute Gasteiger partial charge is 0.269 e. The molecule has 1 atom stereocenters. The molecule has 7 nitrogen and oxygen atoms in total. The Morgan fingerprint density at radius 1 is 0.879 bits per heavy atom. The van der Waals surface area contributed by atoms with E-state index in [4.69, 9.17) is 16.3 Å². The van der Waals surface area contributed by atoms with Gasteiger partial charge in [-0.25, -0.2) is 0 Å². The van der Waals surface area contributed by atoms with E-state index < -0.39 is 17.9 Å². The van der Waals surface area contributed by atoms with Crippen molar-refractivity contribution in [2.75, 3.05) is 0 Å². The summed E-state index contributed by atoms with van der Waals surface area (Å²) in [5.41, 5.74) is 6.85. The van der Waals surface area contributed by atoms with E-state index >= 15 is 0 Å². The lowest BCUT2D eigenvalue weighted by atomic mass is 10.0. The molecule has 3 aromatic rings. The van der Waals surface area contributed by atoms with E-state index in [1.165, 1.54) is 6.92 Å². The molecule has 0 bridgehead atoms. The first-order valence-corrected chi connectivity index (χ1v) is 10.7. The maximum atomic E-state index is 12.4. The van der Waals surface area contributed by atoms with Crippen molar-refractivity contribution < 1.29 is 19.1 Å². The third-order valence-electron chi connectivity index (χ3n) is 4.72. The van der Waals surface area contributed by atoms with Gasteiger partial charge in [0.2, 0.25) is 11.8 Å². The van der Waals surface area contributed by atoms with Crippen molar-refractivity contribution in [2.24, 2.45) is 0 Å². The van der Waals surface area contributed by atoms with Crippen LogP contribution >= 0.6 is 11.6 Å². The maximum absolute atomic E-state index is 12.4. The molecule has 1 unspecified atom stereocenters. The van der Waals surface area contributed by atoms with Gasteiger partial charge < -0.3 is 10.1 Å². The number of nitrogens with one attached hydrogen (secondary N) is 3. The second-order valence-corrected chi connectivity index (χ2v) is 7.75. The van der Waals surface area contributed by atoms with Crippen LogP contribution in [0.15, 0.2) is 78.9 Å². The van der Waals surface area contributed by atoms with Crippen molar-refractivity contribution in [1.82, 2.24) is 16.2 Å². The first kappa shape index (κ1) is 23.8. The summed E-state index contributed by atoms with van der Waals surface area (Å²) in [6.07, 6.45) is -0.0230. The highest BCUT2D eigenvalue weighted by atomic mass is 35.5. The molecule has 0 aliphatic heterocycles. The standard InChI is InChI=1S/C25H24ClN3O4/c1-17(30)27-23(19-5-3-2-4-6-19)15-24(31)28-29-25(32)20-9-7-18(8-10-20)16-33-22-13-11-21(26)12-14-22/h2-14,23H,15-16H2,1H3,(H,27,30)(H,28,31)(H,29,32). The molecular formula is C25H24ClN3O4. The Labute approximate surface area is 197 Å². The summed E-state index contributed by atoms with van der Waals surface area (Å²) < 4.78 is 5.68. The summed E-state index contributed by atoms with van der Waals surface area (Å²) in [6, 6.07) is 22.5. The number of ether oxygens (including phenoxy) is 1. The van der Waals surface area contributed by atoms with Crippen LogP contribution in [0.1, 0.15) is 40.9 Å². The molecule has 0 heterocycles. The minimum absolute atomic E-state index is 0.0230. The number of carbonyl (C=O) groups is 3. The van der Waals surface area contributed by atoms with Crippen molar-refractivity contribution >= 4 is 29.3 Å². The number of benzene rings is 3. The molecule has 0 saturated heterocycles. The summed E-state index contributed by atoms with van der Waals surface area (Å²) in [7, 11) is 0. The van der Waals surface area contributed by atoms with Gasteiger partial charge in [-0.15, -0.1) is 0 Å². The molecule has 0 saturated carbocycles. The van der Waals surface area contributed by atoms with E-state index in [2.05, 4.69) is 16.2 Å². The third-order valence-corrected chi connectivity index (χ3v) is 4.97. The van der Waals surface area contributed by atoms with Crippen molar-refractivity contribution in [2.45, 2.75) is 26.0 Å². The molecule has 170 valence electrons. The van der Waals surface area contributed by atoms with Crippen molar-refractivity contribution in [3.63, 3.8) is 0 Å². The Hall–Kier alpha value is -3.84. The van der Waals surface area contributed by atoms with Crippen LogP contribution in [0.25, 0.3) is 0 Å². The molecule has 33 heavy (non-hydrogen) atoms. The molecule has 3 rings (SSSR count). The zero-order chi connectivity index (χ0) is 23.6. The summed E-state index contributed by atoms with van der Waals surface area (Å²) in [5.74, 6) is -0.443. The molecule has 0 aliphatic rings. The highest BCUT2D eigenvalue weighted by Gasteiger charge is 2.17. The van der Waals surface area contributed by atoms with Crippen LogP contribution in [0.2, 0.25) is 5.02 Å². The number of halogens is 1. The first-order valence-electron chi connectivity index (χ1n) is 10.3. The van der Waals surface area contributed by atoms with Gasteiger partial charge in [-0.05, 0) is 47.5 Å². The zero-order valence-corrected chi connectivity index (χ0v) is 18.8. The van der Waals surface area contributed by atoms with Gasteiger partial charge in [0.25, 0.3) is 5.91 Å².